The lowest BCUT2D eigenvalue weighted by atomic mass is 10.1. The van der Waals surface area contributed by atoms with Gasteiger partial charge in [-0.3, -0.25) is 4.79 Å². The van der Waals surface area contributed by atoms with E-state index in [9.17, 15) is 13.6 Å². The summed E-state index contributed by atoms with van der Waals surface area (Å²) in [5.41, 5.74) is 1.32. The molecule has 0 unspecified atom stereocenters. The van der Waals surface area contributed by atoms with Gasteiger partial charge in [-0.25, -0.2) is 0 Å². The largest absolute Gasteiger partial charge is 0.493 e. The number of hydrogen-bond acceptors (Lipinski definition) is 4. The molecule has 0 saturated carbocycles. The van der Waals surface area contributed by atoms with Crippen LogP contribution in [0, 0.1) is 6.92 Å². The van der Waals surface area contributed by atoms with Gasteiger partial charge in [0.15, 0.2) is 11.5 Å². The van der Waals surface area contributed by atoms with E-state index in [-0.39, 0.29) is 17.4 Å². The van der Waals surface area contributed by atoms with Crippen molar-refractivity contribution in [3.05, 3.63) is 53.6 Å². The highest BCUT2D eigenvalue weighted by molar-refractivity contribution is 5.94. The van der Waals surface area contributed by atoms with Crippen molar-refractivity contribution in [2.24, 2.45) is 0 Å². The van der Waals surface area contributed by atoms with Gasteiger partial charge in [0.2, 0.25) is 0 Å². The zero-order chi connectivity index (χ0) is 19.1. The summed E-state index contributed by atoms with van der Waals surface area (Å²) < 4.78 is 39.8. The topological polar surface area (TPSA) is 48.0 Å². The van der Waals surface area contributed by atoms with Crippen LogP contribution in [0.1, 0.15) is 15.9 Å². The number of hydrogen-bond donors (Lipinski definition) is 0. The maximum absolute atomic E-state index is 12.5. The molecule has 0 bridgehead atoms. The quantitative estimate of drug-likeness (QED) is 0.715. The summed E-state index contributed by atoms with van der Waals surface area (Å²) in [6.07, 6.45) is 0. The number of carbonyl (C=O) groups excluding carboxylic acids is 1. The van der Waals surface area contributed by atoms with Crippen molar-refractivity contribution in [3.8, 4) is 17.2 Å². The van der Waals surface area contributed by atoms with Gasteiger partial charge in [0, 0.05) is 12.6 Å². The first kappa shape index (κ1) is 19.5. The predicted octanol–water partition coefficient (Wildman–Crippen LogP) is 3.76. The fraction of sp³-hybridized carbons (Fsp3) is 0.316. The second-order valence-corrected chi connectivity index (χ2v) is 5.58. The van der Waals surface area contributed by atoms with Crippen molar-refractivity contribution >= 4 is 5.91 Å². The van der Waals surface area contributed by atoms with Gasteiger partial charge in [0.05, 0.1) is 13.7 Å². The summed E-state index contributed by atoms with van der Waals surface area (Å²) >= 11 is 0. The zero-order valence-corrected chi connectivity index (χ0v) is 14.9. The minimum absolute atomic E-state index is 0.0701. The number of alkyl halides is 2. The van der Waals surface area contributed by atoms with E-state index in [2.05, 4.69) is 4.74 Å². The molecule has 2 rings (SSSR count). The van der Waals surface area contributed by atoms with Crippen LogP contribution in [0.25, 0.3) is 0 Å². The summed E-state index contributed by atoms with van der Waals surface area (Å²) in [5.74, 6) is 0.439. The number of amides is 1. The Morgan fingerprint density at radius 3 is 2.50 bits per heavy atom. The molecule has 140 valence electrons. The molecule has 2 aromatic carbocycles. The van der Waals surface area contributed by atoms with E-state index in [4.69, 9.17) is 9.47 Å². The van der Waals surface area contributed by atoms with Crippen LogP contribution in [-0.4, -0.2) is 44.7 Å². The molecule has 0 radical (unpaired) electrons. The second-order valence-electron chi connectivity index (χ2n) is 5.58. The number of ether oxygens (including phenoxy) is 3. The number of likely N-dealkylation sites (N-methyl/N-ethyl adjacent to an activating group) is 1. The van der Waals surface area contributed by atoms with Crippen molar-refractivity contribution in [3.63, 3.8) is 0 Å². The molecule has 0 aromatic heterocycles. The molecule has 2 aromatic rings. The molecular weight excluding hydrogens is 344 g/mol. The highest BCUT2D eigenvalue weighted by Crippen LogP contribution is 2.29. The fourth-order valence-corrected chi connectivity index (χ4v) is 2.33. The summed E-state index contributed by atoms with van der Waals surface area (Å²) in [5, 5.41) is 0. The van der Waals surface area contributed by atoms with Gasteiger partial charge in [-0.2, -0.15) is 8.78 Å². The van der Waals surface area contributed by atoms with Crippen molar-refractivity contribution in [1.82, 2.24) is 4.90 Å². The van der Waals surface area contributed by atoms with Crippen molar-refractivity contribution in [2.45, 2.75) is 13.5 Å². The van der Waals surface area contributed by atoms with Gasteiger partial charge >= 0.3 is 6.61 Å². The first-order valence-corrected chi connectivity index (χ1v) is 7.99. The van der Waals surface area contributed by atoms with Crippen molar-refractivity contribution in [1.29, 1.82) is 0 Å². The Morgan fingerprint density at radius 1 is 1.12 bits per heavy atom. The lowest BCUT2D eigenvalue weighted by molar-refractivity contribution is -0.0512. The summed E-state index contributed by atoms with van der Waals surface area (Å²) in [6.45, 7) is -0.326. The van der Waals surface area contributed by atoms with Crippen LogP contribution >= 0.6 is 0 Å². The van der Waals surface area contributed by atoms with Gasteiger partial charge in [0.1, 0.15) is 12.4 Å². The molecule has 7 heteroatoms. The number of methoxy groups -OCH3 is 1. The minimum atomic E-state index is -2.97. The lowest BCUT2D eigenvalue weighted by Crippen LogP contribution is -2.31. The van der Waals surface area contributed by atoms with Crippen LogP contribution in [0.2, 0.25) is 0 Å². The predicted molar refractivity (Wildman–Crippen MR) is 93.3 cm³/mol. The van der Waals surface area contributed by atoms with Crippen LogP contribution in [0.4, 0.5) is 8.78 Å². The van der Waals surface area contributed by atoms with E-state index in [1.807, 2.05) is 31.2 Å². The molecule has 0 saturated heterocycles. The van der Waals surface area contributed by atoms with Gasteiger partial charge in [-0.1, -0.05) is 18.2 Å². The molecular formula is C19H21F2NO4. The Labute approximate surface area is 151 Å². The van der Waals surface area contributed by atoms with Gasteiger partial charge in [-0.15, -0.1) is 0 Å². The van der Waals surface area contributed by atoms with Gasteiger partial charge in [-0.05, 0) is 36.8 Å². The molecule has 0 spiro atoms. The number of aryl methyl sites for hydroxylation is 1. The maximum Gasteiger partial charge on any atom is 0.387 e. The Balaban J connectivity index is 1.98. The summed E-state index contributed by atoms with van der Waals surface area (Å²) in [7, 11) is 2.96. The van der Waals surface area contributed by atoms with Crippen LogP contribution in [0.5, 0.6) is 17.2 Å². The molecule has 1 amide bonds. The number of benzene rings is 2. The Kier molecular flexibility index (Phi) is 6.77. The standard InChI is InChI=1S/C19H21F2NO4/c1-13-6-4-5-7-15(13)25-11-10-22(2)18(23)14-8-9-16(26-19(20)21)17(12-14)24-3/h4-9,12,19H,10-11H2,1-3H3. The summed E-state index contributed by atoms with van der Waals surface area (Å²) in [4.78, 5) is 14.0. The van der Waals surface area contributed by atoms with Gasteiger partial charge in [0.25, 0.3) is 5.91 Å². The maximum atomic E-state index is 12.5. The van der Waals surface area contributed by atoms with E-state index in [0.717, 1.165) is 11.3 Å². The number of halogens is 2. The smallest absolute Gasteiger partial charge is 0.387 e. The van der Waals surface area contributed by atoms with E-state index in [1.165, 1.54) is 30.2 Å². The summed E-state index contributed by atoms with van der Waals surface area (Å²) in [6, 6.07) is 11.7. The van der Waals surface area contributed by atoms with Gasteiger partial charge < -0.3 is 19.1 Å². The van der Waals surface area contributed by atoms with Crippen molar-refractivity contribution in [2.75, 3.05) is 27.3 Å². The molecule has 0 fully saturated rings. The Morgan fingerprint density at radius 2 is 1.85 bits per heavy atom. The normalized spacial score (nSPS) is 10.5. The number of carbonyl (C=O) groups is 1. The van der Waals surface area contributed by atoms with E-state index in [1.54, 1.807) is 7.05 Å². The molecule has 0 aliphatic rings. The zero-order valence-electron chi connectivity index (χ0n) is 14.9. The number of para-hydroxylation sites is 1. The average Bonchev–Trinajstić information content (AvgIpc) is 2.62. The monoisotopic (exact) mass is 365 g/mol. The second kappa shape index (κ2) is 9.03. The van der Waals surface area contributed by atoms with Crippen molar-refractivity contribution < 1.29 is 27.8 Å². The van der Waals surface area contributed by atoms with Crippen LogP contribution in [0.15, 0.2) is 42.5 Å². The highest BCUT2D eigenvalue weighted by Gasteiger charge is 2.17. The Hall–Kier alpha value is -2.83. The van der Waals surface area contributed by atoms with Crippen LogP contribution in [-0.2, 0) is 0 Å². The van der Waals surface area contributed by atoms with E-state index in [0.29, 0.717) is 18.7 Å². The molecule has 26 heavy (non-hydrogen) atoms. The molecule has 5 nitrogen and oxygen atoms in total. The number of rotatable bonds is 8. The Bertz CT molecular complexity index is 752. The minimum Gasteiger partial charge on any atom is -0.493 e. The van der Waals surface area contributed by atoms with E-state index < -0.39 is 6.61 Å². The third kappa shape index (κ3) is 5.08. The molecule has 0 aliphatic carbocycles. The van der Waals surface area contributed by atoms with Crippen LogP contribution < -0.4 is 14.2 Å². The molecule has 0 heterocycles. The first-order valence-electron chi connectivity index (χ1n) is 7.99. The lowest BCUT2D eigenvalue weighted by Gasteiger charge is -2.19. The highest BCUT2D eigenvalue weighted by atomic mass is 19.3. The van der Waals surface area contributed by atoms with E-state index >= 15 is 0 Å². The SMILES string of the molecule is COc1cc(C(=O)N(C)CCOc2ccccc2C)ccc1OC(F)F. The average molecular weight is 365 g/mol. The third-order valence-corrected chi connectivity index (χ3v) is 3.75. The fourth-order valence-electron chi connectivity index (χ4n) is 2.33. The first-order chi connectivity index (χ1) is 12.4. The third-order valence-electron chi connectivity index (χ3n) is 3.75. The van der Waals surface area contributed by atoms with Crippen LogP contribution in [0.3, 0.4) is 0 Å². The molecule has 0 aliphatic heterocycles. The number of nitrogens with zero attached hydrogens (tertiary/aromatic N) is 1. The molecule has 0 atom stereocenters. The molecule has 0 N–H and O–H groups in total.